The number of carboxylic acid groups (broad SMARTS) is 1. The van der Waals surface area contributed by atoms with Gasteiger partial charge in [-0.25, -0.2) is 0 Å². The maximum Gasteiger partial charge on any atom is 0.303 e. The molecule has 1 aromatic heterocycles. The zero-order valence-corrected chi connectivity index (χ0v) is 10.3. The van der Waals surface area contributed by atoms with E-state index in [4.69, 9.17) is 5.11 Å². The van der Waals surface area contributed by atoms with Crippen LogP contribution < -0.4 is 0 Å². The van der Waals surface area contributed by atoms with E-state index >= 15 is 0 Å². The van der Waals surface area contributed by atoms with Crippen LogP contribution in [-0.4, -0.2) is 34.6 Å². The molecule has 1 N–H and O–H groups in total. The molecule has 17 heavy (non-hydrogen) atoms. The van der Waals surface area contributed by atoms with E-state index in [1.54, 1.807) is 6.20 Å². The molecular weight excluding hydrogens is 216 g/mol. The highest BCUT2D eigenvalue weighted by Crippen LogP contribution is 2.03. The van der Waals surface area contributed by atoms with Gasteiger partial charge in [-0.2, -0.15) is 0 Å². The molecule has 0 atom stereocenters. The van der Waals surface area contributed by atoms with Gasteiger partial charge in [0.2, 0.25) is 0 Å². The third-order valence-electron chi connectivity index (χ3n) is 2.59. The van der Waals surface area contributed by atoms with E-state index in [1.807, 2.05) is 18.2 Å². The summed E-state index contributed by atoms with van der Waals surface area (Å²) in [6.07, 6.45) is 4.86. The Hall–Kier alpha value is -1.42. The molecule has 1 heterocycles. The van der Waals surface area contributed by atoms with Crippen molar-refractivity contribution in [1.82, 2.24) is 9.88 Å². The summed E-state index contributed by atoms with van der Waals surface area (Å²) in [4.78, 5) is 16.8. The summed E-state index contributed by atoms with van der Waals surface area (Å²) in [6.45, 7) is 1.83. The van der Waals surface area contributed by atoms with Crippen LogP contribution in [0.2, 0.25) is 0 Å². The fraction of sp³-hybridized carbons (Fsp3) is 0.538. The fourth-order valence-electron chi connectivity index (χ4n) is 1.68. The molecule has 0 spiro atoms. The lowest BCUT2D eigenvalue weighted by atomic mass is 10.2. The van der Waals surface area contributed by atoms with Crippen LogP contribution in [0.5, 0.6) is 0 Å². The van der Waals surface area contributed by atoms with Crippen LogP contribution in [0.1, 0.15) is 31.4 Å². The van der Waals surface area contributed by atoms with Crippen LogP contribution in [0.25, 0.3) is 0 Å². The number of carbonyl (C=O) groups is 1. The van der Waals surface area contributed by atoms with Crippen LogP contribution >= 0.6 is 0 Å². The summed E-state index contributed by atoms with van der Waals surface area (Å²) in [5.41, 5.74) is 1.07. The van der Waals surface area contributed by atoms with Gasteiger partial charge in [0.05, 0.1) is 5.69 Å². The van der Waals surface area contributed by atoms with E-state index in [2.05, 4.69) is 16.9 Å². The second-order valence-electron chi connectivity index (χ2n) is 4.26. The van der Waals surface area contributed by atoms with E-state index < -0.39 is 5.97 Å². The molecule has 0 radical (unpaired) electrons. The first-order valence-electron chi connectivity index (χ1n) is 5.98. The predicted molar refractivity (Wildman–Crippen MR) is 66.7 cm³/mol. The summed E-state index contributed by atoms with van der Waals surface area (Å²) in [5.74, 6) is -0.702. The maximum atomic E-state index is 10.3. The lowest BCUT2D eigenvalue weighted by Gasteiger charge is -2.15. The van der Waals surface area contributed by atoms with E-state index in [0.717, 1.165) is 38.0 Å². The Balaban J connectivity index is 2.09. The first-order chi connectivity index (χ1) is 8.18. The molecule has 0 aliphatic carbocycles. The van der Waals surface area contributed by atoms with Crippen molar-refractivity contribution in [1.29, 1.82) is 0 Å². The van der Waals surface area contributed by atoms with Crippen molar-refractivity contribution in [2.75, 3.05) is 13.6 Å². The molecule has 0 fully saturated rings. The molecule has 0 unspecified atom stereocenters. The zero-order chi connectivity index (χ0) is 12.5. The number of pyridine rings is 1. The van der Waals surface area contributed by atoms with Gasteiger partial charge in [-0.05, 0) is 38.6 Å². The first kappa shape index (κ1) is 13.6. The third kappa shape index (κ3) is 6.68. The van der Waals surface area contributed by atoms with E-state index in [1.165, 1.54) is 0 Å². The number of aliphatic carboxylic acids is 1. The molecule has 94 valence electrons. The van der Waals surface area contributed by atoms with Gasteiger partial charge in [-0.15, -0.1) is 0 Å². The van der Waals surface area contributed by atoms with Crippen molar-refractivity contribution < 1.29 is 9.90 Å². The molecule has 1 rings (SSSR count). The Bertz CT molecular complexity index is 327. The van der Waals surface area contributed by atoms with E-state index in [-0.39, 0.29) is 6.42 Å². The van der Waals surface area contributed by atoms with Gasteiger partial charge in [-0.3, -0.25) is 9.78 Å². The molecule has 0 amide bonds. The molecule has 0 aliphatic heterocycles. The zero-order valence-electron chi connectivity index (χ0n) is 10.3. The molecule has 0 aromatic carbocycles. The van der Waals surface area contributed by atoms with Gasteiger partial charge in [0.15, 0.2) is 0 Å². The number of aromatic nitrogens is 1. The van der Waals surface area contributed by atoms with Crippen LogP contribution in [0.4, 0.5) is 0 Å². The van der Waals surface area contributed by atoms with Gasteiger partial charge in [0.25, 0.3) is 0 Å². The first-order valence-corrected chi connectivity index (χ1v) is 5.98. The lowest BCUT2D eigenvalue weighted by molar-refractivity contribution is -0.137. The average molecular weight is 236 g/mol. The summed E-state index contributed by atoms with van der Waals surface area (Å²) in [6, 6.07) is 5.92. The second kappa shape index (κ2) is 7.79. The summed E-state index contributed by atoms with van der Waals surface area (Å²) < 4.78 is 0. The van der Waals surface area contributed by atoms with Gasteiger partial charge < -0.3 is 10.0 Å². The van der Waals surface area contributed by atoms with Gasteiger partial charge in [-0.1, -0.05) is 12.5 Å². The highest BCUT2D eigenvalue weighted by molar-refractivity contribution is 5.66. The van der Waals surface area contributed by atoms with Crippen molar-refractivity contribution in [3.05, 3.63) is 30.1 Å². The number of nitrogens with zero attached hydrogens (tertiary/aromatic N) is 2. The molecule has 0 saturated carbocycles. The average Bonchev–Trinajstić information content (AvgIpc) is 2.29. The smallest absolute Gasteiger partial charge is 0.303 e. The normalized spacial score (nSPS) is 10.7. The van der Waals surface area contributed by atoms with E-state index in [0.29, 0.717) is 0 Å². The number of rotatable bonds is 8. The second-order valence-corrected chi connectivity index (χ2v) is 4.26. The number of unbranched alkanes of at least 4 members (excludes halogenated alkanes) is 2. The van der Waals surface area contributed by atoms with Gasteiger partial charge in [0, 0.05) is 19.2 Å². The van der Waals surface area contributed by atoms with Crippen molar-refractivity contribution in [3.8, 4) is 0 Å². The minimum Gasteiger partial charge on any atom is -0.481 e. The molecule has 0 bridgehead atoms. The van der Waals surface area contributed by atoms with Gasteiger partial charge >= 0.3 is 5.97 Å². The standard InChI is InChI=1S/C13H20N2O2/c1-15(10-6-2-3-8-13(16)17)11-12-7-4-5-9-14-12/h4-5,7,9H,2-3,6,8,10-11H2,1H3,(H,16,17). The van der Waals surface area contributed by atoms with Crippen LogP contribution in [0.15, 0.2) is 24.4 Å². The predicted octanol–water partition coefficient (Wildman–Crippen LogP) is 2.16. The summed E-state index contributed by atoms with van der Waals surface area (Å²) >= 11 is 0. The van der Waals surface area contributed by atoms with E-state index in [9.17, 15) is 4.79 Å². The molecule has 1 aromatic rings. The van der Waals surface area contributed by atoms with Crippen LogP contribution in [0, 0.1) is 0 Å². The maximum absolute atomic E-state index is 10.3. The SMILES string of the molecule is CN(CCCCCC(=O)O)Cc1ccccn1. The molecule has 0 saturated heterocycles. The molecule has 4 heteroatoms. The summed E-state index contributed by atoms with van der Waals surface area (Å²) in [5, 5.41) is 8.50. The Morgan fingerprint density at radius 3 is 2.82 bits per heavy atom. The van der Waals surface area contributed by atoms with Crippen molar-refractivity contribution in [2.45, 2.75) is 32.2 Å². The van der Waals surface area contributed by atoms with Crippen molar-refractivity contribution in [3.63, 3.8) is 0 Å². The van der Waals surface area contributed by atoms with Crippen molar-refractivity contribution in [2.24, 2.45) is 0 Å². The fourth-order valence-corrected chi connectivity index (χ4v) is 1.68. The topological polar surface area (TPSA) is 53.4 Å². The Kier molecular flexibility index (Phi) is 6.25. The quantitative estimate of drug-likeness (QED) is 0.703. The number of hydrogen-bond acceptors (Lipinski definition) is 3. The highest BCUT2D eigenvalue weighted by Gasteiger charge is 2.01. The van der Waals surface area contributed by atoms with Crippen molar-refractivity contribution >= 4 is 5.97 Å². The minimum atomic E-state index is -0.702. The monoisotopic (exact) mass is 236 g/mol. The Morgan fingerprint density at radius 1 is 1.35 bits per heavy atom. The number of carboxylic acids is 1. The number of hydrogen-bond donors (Lipinski definition) is 1. The Morgan fingerprint density at radius 2 is 2.18 bits per heavy atom. The lowest BCUT2D eigenvalue weighted by Crippen LogP contribution is -2.19. The van der Waals surface area contributed by atoms with Gasteiger partial charge in [0.1, 0.15) is 0 Å². The van der Waals surface area contributed by atoms with Crippen LogP contribution in [0.3, 0.4) is 0 Å². The third-order valence-corrected chi connectivity index (χ3v) is 2.59. The molecular formula is C13H20N2O2. The largest absolute Gasteiger partial charge is 0.481 e. The summed E-state index contributed by atoms with van der Waals surface area (Å²) in [7, 11) is 2.06. The molecule has 0 aliphatic rings. The Labute approximate surface area is 102 Å². The van der Waals surface area contributed by atoms with Crippen LogP contribution in [-0.2, 0) is 11.3 Å². The molecule has 4 nitrogen and oxygen atoms in total. The highest BCUT2D eigenvalue weighted by atomic mass is 16.4. The minimum absolute atomic E-state index is 0.282.